The third-order valence-corrected chi connectivity index (χ3v) is 4.34. The van der Waals surface area contributed by atoms with E-state index in [4.69, 9.17) is 0 Å². The Morgan fingerprint density at radius 1 is 1.21 bits per heavy atom. The van der Waals surface area contributed by atoms with Crippen LogP contribution in [0, 0.1) is 0 Å². The van der Waals surface area contributed by atoms with E-state index < -0.39 is 11.7 Å². The van der Waals surface area contributed by atoms with E-state index in [2.05, 4.69) is 5.32 Å². The summed E-state index contributed by atoms with van der Waals surface area (Å²) in [5.74, 6) is 0. The maximum atomic E-state index is 12.8. The van der Waals surface area contributed by atoms with Gasteiger partial charge in [-0.25, -0.2) is 0 Å². The Labute approximate surface area is 113 Å². The predicted molar refractivity (Wildman–Crippen MR) is 69.3 cm³/mol. The molecular formula is C14H12F3NS. The van der Waals surface area contributed by atoms with Crippen molar-refractivity contribution in [2.24, 2.45) is 0 Å². The fourth-order valence-electron chi connectivity index (χ4n) is 2.44. The summed E-state index contributed by atoms with van der Waals surface area (Å²) >= 11 is 1.67. The van der Waals surface area contributed by atoms with Crippen LogP contribution in [0.3, 0.4) is 0 Å². The van der Waals surface area contributed by atoms with Gasteiger partial charge in [-0.3, -0.25) is 0 Å². The molecule has 0 spiro atoms. The normalized spacial score (nSPS) is 19.2. The monoisotopic (exact) mass is 283 g/mol. The first-order chi connectivity index (χ1) is 9.05. The van der Waals surface area contributed by atoms with E-state index in [0.29, 0.717) is 5.56 Å². The molecule has 1 aromatic carbocycles. The smallest absolute Gasteiger partial charge is 0.306 e. The largest absolute Gasteiger partial charge is 0.416 e. The lowest BCUT2D eigenvalue weighted by Crippen LogP contribution is -2.29. The highest BCUT2D eigenvalue weighted by Gasteiger charge is 2.31. The molecule has 0 fully saturated rings. The van der Waals surface area contributed by atoms with Gasteiger partial charge in [-0.1, -0.05) is 12.1 Å². The SMILES string of the molecule is FC(F)(F)c1cccc(C2NCCc3sccc32)c1. The van der Waals surface area contributed by atoms with Crippen LogP contribution in [-0.2, 0) is 12.6 Å². The molecule has 3 rings (SSSR count). The number of fused-ring (bicyclic) bond motifs is 1. The molecule has 19 heavy (non-hydrogen) atoms. The summed E-state index contributed by atoms with van der Waals surface area (Å²) in [6.45, 7) is 0.800. The van der Waals surface area contributed by atoms with Crippen molar-refractivity contribution in [2.45, 2.75) is 18.6 Å². The van der Waals surface area contributed by atoms with Gasteiger partial charge in [-0.2, -0.15) is 13.2 Å². The van der Waals surface area contributed by atoms with Crippen molar-refractivity contribution < 1.29 is 13.2 Å². The van der Waals surface area contributed by atoms with Crippen LogP contribution in [-0.4, -0.2) is 6.54 Å². The summed E-state index contributed by atoms with van der Waals surface area (Å²) in [7, 11) is 0. The zero-order valence-corrected chi connectivity index (χ0v) is 10.8. The molecule has 100 valence electrons. The molecule has 0 radical (unpaired) electrons. The van der Waals surface area contributed by atoms with Gasteiger partial charge in [0.15, 0.2) is 0 Å². The first-order valence-corrected chi connectivity index (χ1v) is 6.90. The quantitative estimate of drug-likeness (QED) is 0.834. The standard InChI is InChI=1S/C14H12F3NS/c15-14(16,17)10-3-1-2-9(8-10)13-11-5-7-19-12(11)4-6-18-13/h1-3,5,7-8,13,18H,4,6H2. The van der Waals surface area contributed by atoms with Crippen molar-refractivity contribution in [3.63, 3.8) is 0 Å². The Bertz CT molecular complexity index is 588. The minimum atomic E-state index is -4.29. The maximum Gasteiger partial charge on any atom is 0.416 e. The summed E-state index contributed by atoms with van der Waals surface area (Å²) < 4.78 is 38.3. The van der Waals surface area contributed by atoms with Gasteiger partial charge in [0.25, 0.3) is 0 Å². The van der Waals surface area contributed by atoms with Gasteiger partial charge in [-0.15, -0.1) is 11.3 Å². The Morgan fingerprint density at radius 3 is 2.84 bits per heavy atom. The van der Waals surface area contributed by atoms with Crippen LogP contribution in [0.15, 0.2) is 35.7 Å². The van der Waals surface area contributed by atoms with E-state index in [0.717, 1.165) is 24.6 Å². The van der Waals surface area contributed by atoms with Crippen LogP contribution in [0.1, 0.15) is 27.6 Å². The van der Waals surface area contributed by atoms with Crippen LogP contribution in [0.5, 0.6) is 0 Å². The van der Waals surface area contributed by atoms with Gasteiger partial charge in [0.05, 0.1) is 11.6 Å². The molecule has 0 saturated carbocycles. The van der Waals surface area contributed by atoms with E-state index in [1.54, 1.807) is 17.4 Å². The van der Waals surface area contributed by atoms with Crippen LogP contribution in [0.4, 0.5) is 13.2 Å². The predicted octanol–water partition coefficient (Wildman–Crippen LogP) is 4.00. The second-order valence-electron chi connectivity index (χ2n) is 4.56. The van der Waals surface area contributed by atoms with Crippen molar-refractivity contribution in [3.05, 3.63) is 57.3 Å². The number of rotatable bonds is 1. The molecule has 1 N–H and O–H groups in total. The highest BCUT2D eigenvalue weighted by Crippen LogP contribution is 2.35. The van der Waals surface area contributed by atoms with Crippen molar-refractivity contribution >= 4 is 11.3 Å². The lowest BCUT2D eigenvalue weighted by molar-refractivity contribution is -0.137. The second-order valence-corrected chi connectivity index (χ2v) is 5.56. The lowest BCUT2D eigenvalue weighted by Gasteiger charge is -2.25. The van der Waals surface area contributed by atoms with Gasteiger partial charge < -0.3 is 5.32 Å². The number of halogens is 3. The number of thiophene rings is 1. The van der Waals surface area contributed by atoms with Gasteiger partial charge in [0.2, 0.25) is 0 Å². The summed E-state index contributed by atoms with van der Waals surface area (Å²) in [5.41, 5.74) is 1.19. The van der Waals surface area contributed by atoms with Crippen molar-refractivity contribution in [1.82, 2.24) is 5.32 Å². The molecular weight excluding hydrogens is 271 g/mol. The number of nitrogens with one attached hydrogen (secondary N) is 1. The Balaban J connectivity index is 2.01. The molecule has 1 atom stereocenters. The first-order valence-electron chi connectivity index (χ1n) is 6.02. The lowest BCUT2D eigenvalue weighted by atomic mass is 9.94. The zero-order valence-electron chi connectivity index (χ0n) is 10.00. The molecule has 1 unspecified atom stereocenters. The van der Waals surface area contributed by atoms with Crippen LogP contribution < -0.4 is 5.32 Å². The van der Waals surface area contributed by atoms with E-state index in [9.17, 15) is 13.2 Å². The average Bonchev–Trinajstić information content (AvgIpc) is 2.86. The molecule has 2 heterocycles. The fraction of sp³-hybridized carbons (Fsp3) is 0.286. The second kappa shape index (κ2) is 4.65. The molecule has 2 aromatic rings. The maximum absolute atomic E-state index is 12.8. The third-order valence-electron chi connectivity index (χ3n) is 3.34. The minimum absolute atomic E-state index is 0.128. The van der Waals surface area contributed by atoms with E-state index in [1.165, 1.54) is 17.0 Å². The van der Waals surface area contributed by atoms with Crippen molar-refractivity contribution in [3.8, 4) is 0 Å². The topological polar surface area (TPSA) is 12.0 Å². The van der Waals surface area contributed by atoms with Gasteiger partial charge in [0.1, 0.15) is 0 Å². The number of alkyl halides is 3. The van der Waals surface area contributed by atoms with Gasteiger partial charge in [0, 0.05) is 11.4 Å². The molecule has 5 heteroatoms. The molecule has 1 aliphatic rings. The van der Waals surface area contributed by atoms with Crippen molar-refractivity contribution in [1.29, 1.82) is 0 Å². The van der Waals surface area contributed by atoms with Crippen molar-refractivity contribution in [2.75, 3.05) is 6.54 Å². The van der Waals surface area contributed by atoms with Crippen LogP contribution in [0.2, 0.25) is 0 Å². The average molecular weight is 283 g/mol. The molecule has 0 bridgehead atoms. The van der Waals surface area contributed by atoms with Gasteiger partial charge >= 0.3 is 6.18 Å². The highest BCUT2D eigenvalue weighted by atomic mass is 32.1. The van der Waals surface area contributed by atoms with Crippen LogP contribution >= 0.6 is 11.3 Å². The minimum Gasteiger partial charge on any atom is -0.306 e. The van der Waals surface area contributed by atoms with E-state index >= 15 is 0 Å². The number of benzene rings is 1. The Morgan fingerprint density at radius 2 is 2.05 bits per heavy atom. The molecule has 0 amide bonds. The van der Waals surface area contributed by atoms with Crippen LogP contribution in [0.25, 0.3) is 0 Å². The van der Waals surface area contributed by atoms with E-state index in [-0.39, 0.29) is 6.04 Å². The number of hydrogen-bond donors (Lipinski definition) is 1. The summed E-state index contributed by atoms with van der Waals surface area (Å²) in [5, 5.41) is 5.29. The highest BCUT2D eigenvalue weighted by molar-refractivity contribution is 7.10. The summed E-state index contributed by atoms with van der Waals surface area (Å²) in [4.78, 5) is 1.26. The molecule has 1 aromatic heterocycles. The summed E-state index contributed by atoms with van der Waals surface area (Å²) in [6, 6.07) is 7.44. The van der Waals surface area contributed by atoms with E-state index in [1.807, 2.05) is 11.4 Å². The molecule has 0 saturated heterocycles. The Hall–Kier alpha value is -1.33. The fourth-order valence-corrected chi connectivity index (χ4v) is 3.36. The zero-order chi connectivity index (χ0) is 13.5. The third kappa shape index (κ3) is 2.40. The number of hydrogen-bond acceptors (Lipinski definition) is 2. The first kappa shape index (κ1) is 12.7. The molecule has 1 nitrogen and oxygen atoms in total. The van der Waals surface area contributed by atoms with Gasteiger partial charge in [-0.05, 0) is 41.1 Å². The molecule has 1 aliphatic heterocycles. The Kier molecular flexibility index (Phi) is 3.11. The molecule has 0 aliphatic carbocycles. The summed E-state index contributed by atoms with van der Waals surface area (Å²) in [6.07, 6.45) is -3.34.